The molecule has 14 heavy (non-hydrogen) atoms. The fourth-order valence-electron chi connectivity index (χ4n) is 1.29. The predicted octanol–water partition coefficient (Wildman–Crippen LogP) is 2.33. The van der Waals surface area contributed by atoms with E-state index < -0.39 is 6.29 Å². The van der Waals surface area contributed by atoms with Crippen molar-refractivity contribution in [3.05, 3.63) is 17.7 Å². The number of ether oxygens (including phenoxy) is 3. The number of aryl methyl sites for hydroxylation is 1. The lowest BCUT2D eigenvalue weighted by atomic mass is 10.2. The van der Waals surface area contributed by atoms with Gasteiger partial charge in [-0.2, -0.15) is 0 Å². The zero-order chi connectivity index (χ0) is 10.3. The second kappa shape index (κ2) is 2.73. The second-order valence-corrected chi connectivity index (χ2v) is 2.91. The molecular formula is C9H8F2O3. The van der Waals surface area contributed by atoms with Crippen LogP contribution < -0.4 is 14.2 Å². The van der Waals surface area contributed by atoms with E-state index in [1.807, 2.05) is 0 Å². The molecule has 76 valence electrons. The summed E-state index contributed by atoms with van der Waals surface area (Å²) in [4.78, 5) is 0. The number of methoxy groups -OCH3 is 1. The van der Waals surface area contributed by atoms with E-state index in [0.717, 1.165) is 0 Å². The summed E-state index contributed by atoms with van der Waals surface area (Å²) in [5.74, 6) is 0.231. The highest BCUT2D eigenvalue weighted by molar-refractivity contribution is 5.57. The third-order valence-electron chi connectivity index (χ3n) is 1.93. The van der Waals surface area contributed by atoms with Gasteiger partial charge in [0.05, 0.1) is 7.11 Å². The summed E-state index contributed by atoms with van der Waals surface area (Å²) in [5.41, 5.74) is 0.581. The van der Waals surface area contributed by atoms with E-state index in [4.69, 9.17) is 4.74 Å². The van der Waals surface area contributed by atoms with Crippen molar-refractivity contribution in [1.29, 1.82) is 0 Å². The SMILES string of the molecule is COc1ccc(C)c2c1OC(F)(F)O2. The van der Waals surface area contributed by atoms with E-state index in [0.29, 0.717) is 5.56 Å². The van der Waals surface area contributed by atoms with Crippen molar-refractivity contribution in [2.24, 2.45) is 0 Å². The van der Waals surface area contributed by atoms with Gasteiger partial charge in [0, 0.05) is 0 Å². The normalized spacial score (nSPS) is 16.9. The first-order chi connectivity index (χ1) is 6.53. The smallest absolute Gasteiger partial charge is 0.493 e. The highest BCUT2D eigenvalue weighted by Crippen LogP contribution is 2.48. The molecule has 1 aromatic rings. The monoisotopic (exact) mass is 202 g/mol. The Morgan fingerprint density at radius 2 is 1.86 bits per heavy atom. The first-order valence-corrected chi connectivity index (χ1v) is 3.97. The molecule has 0 amide bonds. The van der Waals surface area contributed by atoms with Gasteiger partial charge < -0.3 is 14.2 Å². The Balaban J connectivity index is 2.53. The minimum absolute atomic E-state index is 0.0364. The Kier molecular flexibility index (Phi) is 1.77. The number of fused-ring (bicyclic) bond motifs is 1. The van der Waals surface area contributed by atoms with Gasteiger partial charge in [-0.1, -0.05) is 6.07 Å². The molecule has 0 aliphatic carbocycles. The summed E-state index contributed by atoms with van der Waals surface area (Å²) in [6.45, 7) is 1.66. The van der Waals surface area contributed by atoms with Crippen molar-refractivity contribution >= 4 is 0 Å². The highest BCUT2D eigenvalue weighted by atomic mass is 19.3. The molecule has 0 spiro atoms. The van der Waals surface area contributed by atoms with Crippen LogP contribution in [-0.4, -0.2) is 13.4 Å². The average Bonchev–Trinajstić information content (AvgIpc) is 2.42. The number of hydrogen-bond acceptors (Lipinski definition) is 3. The molecule has 3 nitrogen and oxygen atoms in total. The number of alkyl halides is 2. The van der Waals surface area contributed by atoms with Gasteiger partial charge in [0.2, 0.25) is 5.75 Å². The van der Waals surface area contributed by atoms with Gasteiger partial charge in [0.1, 0.15) is 0 Å². The molecule has 2 rings (SSSR count). The van der Waals surface area contributed by atoms with Crippen molar-refractivity contribution in [3.8, 4) is 17.2 Å². The lowest BCUT2D eigenvalue weighted by Crippen LogP contribution is -2.26. The van der Waals surface area contributed by atoms with Gasteiger partial charge in [-0.3, -0.25) is 0 Å². The van der Waals surface area contributed by atoms with E-state index in [9.17, 15) is 8.78 Å². The molecule has 1 aromatic carbocycles. The van der Waals surface area contributed by atoms with Crippen molar-refractivity contribution in [1.82, 2.24) is 0 Å². The van der Waals surface area contributed by atoms with Gasteiger partial charge in [-0.05, 0) is 18.6 Å². The molecule has 0 N–H and O–H groups in total. The summed E-state index contributed by atoms with van der Waals surface area (Å²) in [6, 6.07) is 3.18. The second-order valence-electron chi connectivity index (χ2n) is 2.91. The quantitative estimate of drug-likeness (QED) is 0.699. The average molecular weight is 202 g/mol. The van der Waals surface area contributed by atoms with Crippen LogP contribution in [0.3, 0.4) is 0 Å². The number of benzene rings is 1. The molecule has 0 saturated heterocycles. The molecular weight excluding hydrogens is 194 g/mol. The number of hydrogen-bond donors (Lipinski definition) is 0. The lowest BCUT2D eigenvalue weighted by molar-refractivity contribution is -0.287. The third-order valence-corrected chi connectivity index (χ3v) is 1.93. The van der Waals surface area contributed by atoms with Gasteiger partial charge in [0.25, 0.3) is 0 Å². The van der Waals surface area contributed by atoms with Crippen LogP contribution in [0.15, 0.2) is 12.1 Å². The molecule has 1 aliphatic heterocycles. The van der Waals surface area contributed by atoms with Crippen LogP contribution >= 0.6 is 0 Å². The summed E-state index contributed by atoms with van der Waals surface area (Å²) < 4.78 is 39.0. The minimum Gasteiger partial charge on any atom is -0.493 e. The van der Waals surface area contributed by atoms with Gasteiger partial charge in [-0.15, -0.1) is 8.78 Å². The maximum Gasteiger partial charge on any atom is 0.586 e. The van der Waals surface area contributed by atoms with Crippen molar-refractivity contribution in [2.45, 2.75) is 13.2 Å². The van der Waals surface area contributed by atoms with Crippen LogP contribution in [0, 0.1) is 6.92 Å². The summed E-state index contributed by atoms with van der Waals surface area (Å²) in [6.07, 6.45) is -3.60. The van der Waals surface area contributed by atoms with Crippen LogP contribution in [0.4, 0.5) is 8.78 Å². The van der Waals surface area contributed by atoms with Gasteiger partial charge in [-0.25, -0.2) is 0 Å². The highest BCUT2D eigenvalue weighted by Gasteiger charge is 2.45. The summed E-state index contributed by atoms with van der Waals surface area (Å²) in [5, 5.41) is 0. The Labute approximate surface area is 79.2 Å². The van der Waals surface area contributed by atoms with E-state index in [1.54, 1.807) is 19.1 Å². The Morgan fingerprint density at radius 1 is 1.21 bits per heavy atom. The van der Waals surface area contributed by atoms with Crippen molar-refractivity contribution < 1.29 is 23.0 Å². The molecule has 0 fully saturated rings. The van der Waals surface area contributed by atoms with Crippen molar-refractivity contribution in [2.75, 3.05) is 7.11 Å². The Bertz CT molecular complexity index is 377. The number of rotatable bonds is 1. The molecule has 0 unspecified atom stereocenters. The Hall–Kier alpha value is -1.52. The van der Waals surface area contributed by atoms with E-state index in [-0.39, 0.29) is 17.2 Å². The molecule has 1 aliphatic rings. The van der Waals surface area contributed by atoms with E-state index in [1.165, 1.54) is 7.11 Å². The van der Waals surface area contributed by atoms with Gasteiger partial charge in [0.15, 0.2) is 11.5 Å². The van der Waals surface area contributed by atoms with Crippen LogP contribution in [-0.2, 0) is 0 Å². The fourth-order valence-corrected chi connectivity index (χ4v) is 1.29. The Morgan fingerprint density at radius 3 is 2.50 bits per heavy atom. The van der Waals surface area contributed by atoms with Crippen LogP contribution in [0.2, 0.25) is 0 Å². The lowest BCUT2D eigenvalue weighted by Gasteiger charge is -2.05. The maximum atomic E-state index is 12.7. The van der Waals surface area contributed by atoms with Gasteiger partial charge >= 0.3 is 6.29 Å². The summed E-state index contributed by atoms with van der Waals surface area (Å²) >= 11 is 0. The van der Waals surface area contributed by atoms with Crippen LogP contribution in [0.5, 0.6) is 17.2 Å². The van der Waals surface area contributed by atoms with Crippen LogP contribution in [0.1, 0.15) is 5.56 Å². The number of halogens is 2. The van der Waals surface area contributed by atoms with E-state index >= 15 is 0 Å². The largest absolute Gasteiger partial charge is 0.586 e. The minimum atomic E-state index is -3.60. The molecule has 0 radical (unpaired) electrons. The topological polar surface area (TPSA) is 27.7 Å². The fraction of sp³-hybridized carbons (Fsp3) is 0.333. The molecule has 0 bridgehead atoms. The zero-order valence-electron chi connectivity index (χ0n) is 7.64. The van der Waals surface area contributed by atoms with Crippen molar-refractivity contribution in [3.63, 3.8) is 0 Å². The zero-order valence-corrected chi connectivity index (χ0v) is 7.64. The first-order valence-electron chi connectivity index (χ1n) is 3.97. The predicted molar refractivity (Wildman–Crippen MR) is 43.9 cm³/mol. The molecule has 5 heteroatoms. The van der Waals surface area contributed by atoms with Crippen LogP contribution in [0.25, 0.3) is 0 Å². The molecule has 1 heterocycles. The molecule has 0 aromatic heterocycles. The first kappa shape index (κ1) is 9.05. The third kappa shape index (κ3) is 1.25. The van der Waals surface area contributed by atoms with E-state index in [2.05, 4.69) is 9.47 Å². The molecule has 0 atom stereocenters. The standard InChI is InChI=1S/C9H8F2O3/c1-5-3-4-6(12-2)8-7(5)13-9(10,11)14-8/h3-4H,1-2H3. The summed E-state index contributed by atoms with van der Waals surface area (Å²) in [7, 11) is 1.38. The molecule has 0 saturated carbocycles. The maximum absolute atomic E-state index is 12.7.